The van der Waals surface area contributed by atoms with Gasteiger partial charge in [0, 0.05) is 10.9 Å². The van der Waals surface area contributed by atoms with E-state index in [1.54, 1.807) is 0 Å². The molecule has 1 heterocycles. The Bertz CT molecular complexity index is 652. The van der Waals surface area contributed by atoms with Crippen molar-refractivity contribution in [2.75, 3.05) is 0 Å². The number of benzene rings is 1. The van der Waals surface area contributed by atoms with Gasteiger partial charge in [-0.1, -0.05) is 26.2 Å². The van der Waals surface area contributed by atoms with Crippen LogP contribution in [-0.4, -0.2) is 15.3 Å². The van der Waals surface area contributed by atoms with Crippen LogP contribution in [0.25, 0.3) is 10.9 Å². The lowest BCUT2D eigenvalue weighted by atomic mass is 9.67. The monoisotopic (exact) mass is 270 g/mol. The lowest BCUT2D eigenvalue weighted by Gasteiger charge is -2.40. The molecule has 106 valence electrons. The van der Waals surface area contributed by atoms with E-state index in [1.165, 1.54) is 30.4 Å². The summed E-state index contributed by atoms with van der Waals surface area (Å²) >= 11 is 0. The molecular formula is C17H22N2O. The molecule has 4 rings (SSSR count). The number of nitrogens with one attached hydrogen (secondary N) is 1. The van der Waals surface area contributed by atoms with E-state index in [4.69, 9.17) is 0 Å². The second-order valence-corrected chi connectivity index (χ2v) is 6.88. The van der Waals surface area contributed by atoms with Gasteiger partial charge in [-0.25, -0.2) is 0 Å². The van der Waals surface area contributed by atoms with E-state index in [-0.39, 0.29) is 11.5 Å². The molecule has 1 unspecified atom stereocenters. The fourth-order valence-corrected chi connectivity index (χ4v) is 4.10. The molecule has 2 aromatic rings. The molecule has 0 saturated heterocycles. The predicted octanol–water partition coefficient (Wildman–Crippen LogP) is 3.67. The number of H-pyrrole nitrogens is 1. The van der Waals surface area contributed by atoms with E-state index >= 15 is 0 Å². The van der Waals surface area contributed by atoms with Crippen LogP contribution in [0.15, 0.2) is 12.3 Å². The summed E-state index contributed by atoms with van der Waals surface area (Å²) in [6.07, 6.45) is 9.84. The van der Waals surface area contributed by atoms with Gasteiger partial charge in [-0.3, -0.25) is 5.10 Å². The Morgan fingerprint density at radius 1 is 1.25 bits per heavy atom. The first-order chi connectivity index (χ1) is 9.69. The van der Waals surface area contributed by atoms with Gasteiger partial charge >= 0.3 is 0 Å². The summed E-state index contributed by atoms with van der Waals surface area (Å²) < 4.78 is 0. The van der Waals surface area contributed by atoms with Gasteiger partial charge in [0.25, 0.3) is 0 Å². The summed E-state index contributed by atoms with van der Waals surface area (Å²) in [6.45, 7) is 2.26. The van der Waals surface area contributed by atoms with Gasteiger partial charge in [0.05, 0.1) is 17.8 Å². The Kier molecular flexibility index (Phi) is 2.68. The standard InChI is InChI=1S/C17H22N2O/c1-17(7-3-2-4-8-17)16(20)14-13-6-5-11(13)9-12-10-18-19-15(12)14/h9-10,16,20H,2-8H2,1H3,(H,18,19). The molecule has 2 aliphatic rings. The average molecular weight is 270 g/mol. The van der Waals surface area contributed by atoms with Gasteiger partial charge in [0.15, 0.2) is 0 Å². The van der Waals surface area contributed by atoms with Gasteiger partial charge < -0.3 is 5.11 Å². The van der Waals surface area contributed by atoms with Crippen LogP contribution in [0.1, 0.15) is 61.8 Å². The smallest absolute Gasteiger partial charge is 0.0867 e. The van der Waals surface area contributed by atoms with Crippen LogP contribution in [0.4, 0.5) is 0 Å². The lowest BCUT2D eigenvalue weighted by molar-refractivity contribution is 0.00822. The highest BCUT2D eigenvalue weighted by molar-refractivity contribution is 5.85. The van der Waals surface area contributed by atoms with Crippen LogP contribution >= 0.6 is 0 Å². The zero-order valence-electron chi connectivity index (χ0n) is 12.1. The maximum atomic E-state index is 11.1. The van der Waals surface area contributed by atoms with Gasteiger partial charge in [-0.05, 0) is 48.3 Å². The average Bonchev–Trinajstić information content (AvgIpc) is 2.88. The quantitative estimate of drug-likeness (QED) is 0.874. The van der Waals surface area contributed by atoms with Gasteiger partial charge in [0.2, 0.25) is 0 Å². The molecule has 3 nitrogen and oxygen atoms in total. The molecular weight excluding hydrogens is 248 g/mol. The Morgan fingerprint density at radius 2 is 2.05 bits per heavy atom. The third-order valence-electron chi connectivity index (χ3n) is 5.55. The molecule has 1 fully saturated rings. The number of nitrogens with zero attached hydrogens (tertiary/aromatic N) is 1. The third kappa shape index (κ3) is 1.65. The first-order valence-electron chi connectivity index (χ1n) is 7.85. The molecule has 1 aromatic heterocycles. The normalized spacial score (nSPS) is 22.3. The Labute approximate surface area is 119 Å². The zero-order chi connectivity index (χ0) is 13.7. The molecule has 0 radical (unpaired) electrons. The number of rotatable bonds is 2. The van der Waals surface area contributed by atoms with Crippen molar-refractivity contribution in [2.45, 2.75) is 58.0 Å². The summed E-state index contributed by atoms with van der Waals surface area (Å²) in [5.41, 5.74) is 5.02. The first-order valence-corrected chi connectivity index (χ1v) is 7.85. The van der Waals surface area contributed by atoms with Crippen LogP contribution in [-0.2, 0) is 12.8 Å². The molecule has 0 spiro atoms. The minimum absolute atomic E-state index is 0.0288. The topological polar surface area (TPSA) is 48.9 Å². The Balaban J connectivity index is 1.85. The van der Waals surface area contributed by atoms with E-state index < -0.39 is 0 Å². The molecule has 20 heavy (non-hydrogen) atoms. The highest BCUT2D eigenvalue weighted by Gasteiger charge is 2.38. The van der Waals surface area contributed by atoms with Crippen molar-refractivity contribution >= 4 is 10.9 Å². The fourth-order valence-electron chi connectivity index (χ4n) is 4.10. The van der Waals surface area contributed by atoms with Crippen molar-refractivity contribution in [3.8, 4) is 0 Å². The molecule has 0 bridgehead atoms. The number of hydrogen-bond donors (Lipinski definition) is 2. The molecule has 2 N–H and O–H groups in total. The number of aromatic amines is 1. The highest BCUT2D eigenvalue weighted by Crippen LogP contribution is 2.49. The summed E-state index contributed by atoms with van der Waals surface area (Å²) in [4.78, 5) is 0. The summed E-state index contributed by atoms with van der Waals surface area (Å²) in [7, 11) is 0. The van der Waals surface area contributed by atoms with Crippen LogP contribution in [0.3, 0.4) is 0 Å². The van der Waals surface area contributed by atoms with E-state index in [2.05, 4.69) is 23.2 Å². The number of aryl methyl sites for hydroxylation is 1. The minimum Gasteiger partial charge on any atom is -0.388 e. The van der Waals surface area contributed by atoms with Crippen LogP contribution in [0.2, 0.25) is 0 Å². The van der Waals surface area contributed by atoms with Crippen molar-refractivity contribution in [3.05, 3.63) is 29.0 Å². The molecule has 1 saturated carbocycles. The van der Waals surface area contributed by atoms with E-state index in [0.717, 1.165) is 42.1 Å². The van der Waals surface area contributed by atoms with Gasteiger partial charge in [-0.15, -0.1) is 0 Å². The maximum Gasteiger partial charge on any atom is 0.0867 e. The van der Waals surface area contributed by atoms with E-state index in [9.17, 15) is 5.11 Å². The highest BCUT2D eigenvalue weighted by atomic mass is 16.3. The fraction of sp³-hybridized carbons (Fsp3) is 0.588. The number of aliphatic hydroxyl groups excluding tert-OH is 1. The van der Waals surface area contributed by atoms with Crippen LogP contribution in [0.5, 0.6) is 0 Å². The van der Waals surface area contributed by atoms with Crippen molar-refractivity contribution in [2.24, 2.45) is 5.41 Å². The van der Waals surface area contributed by atoms with Gasteiger partial charge in [-0.2, -0.15) is 5.10 Å². The third-order valence-corrected chi connectivity index (χ3v) is 5.55. The number of hydrogen-bond acceptors (Lipinski definition) is 2. The molecule has 2 aliphatic carbocycles. The second kappa shape index (κ2) is 4.32. The lowest BCUT2D eigenvalue weighted by Crippen LogP contribution is -2.30. The number of aromatic nitrogens is 2. The molecule has 1 aromatic carbocycles. The van der Waals surface area contributed by atoms with Crippen LogP contribution in [0, 0.1) is 5.41 Å². The SMILES string of the molecule is CC1(C(O)c2c3c(cc4cn[nH]c24)CC3)CCCCC1. The summed E-state index contributed by atoms with van der Waals surface area (Å²) in [5, 5.41) is 19.6. The molecule has 0 aliphatic heterocycles. The predicted molar refractivity (Wildman–Crippen MR) is 79.7 cm³/mol. The first kappa shape index (κ1) is 12.4. The zero-order valence-corrected chi connectivity index (χ0v) is 12.1. The summed E-state index contributed by atoms with van der Waals surface area (Å²) in [5.74, 6) is 0. The number of fused-ring (bicyclic) bond motifs is 2. The van der Waals surface area contributed by atoms with Crippen molar-refractivity contribution in [3.63, 3.8) is 0 Å². The minimum atomic E-state index is -0.360. The molecule has 1 atom stereocenters. The Hall–Kier alpha value is -1.35. The van der Waals surface area contributed by atoms with E-state index in [1.807, 2.05) is 6.20 Å². The van der Waals surface area contributed by atoms with Crippen molar-refractivity contribution in [1.29, 1.82) is 0 Å². The molecule has 0 amide bonds. The van der Waals surface area contributed by atoms with Crippen LogP contribution < -0.4 is 0 Å². The van der Waals surface area contributed by atoms with Crippen molar-refractivity contribution in [1.82, 2.24) is 10.2 Å². The number of aliphatic hydroxyl groups is 1. The van der Waals surface area contributed by atoms with E-state index in [0.29, 0.717) is 0 Å². The summed E-state index contributed by atoms with van der Waals surface area (Å²) in [6, 6.07) is 2.23. The largest absolute Gasteiger partial charge is 0.388 e. The molecule has 3 heteroatoms. The second-order valence-electron chi connectivity index (χ2n) is 6.88. The van der Waals surface area contributed by atoms with Crippen molar-refractivity contribution < 1.29 is 5.11 Å². The Morgan fingerprint density at radius 3 is 2.75 bits per heavy atom. The maximum absolute atomic E-state index is 11.1. The van der Waals surface area contributed by atoms with Gasteiger partial charge in [0.1, 0.15) is 0 Å².